The fourth-order valence-corrected chi connectivity index (χ4v) is 4.74. The zero-order chi connectivity index (χ0) is 20.0. The number of ether oxygens (including phenoxy) is 1. The molecule has 1 N–H and O–H groups in total. The molecule has 1 atom stereocenters. The number of phenolic OH excluding ortho intramolecular Hbond substituents is 1. The zero-order valence-corrected chi connectivity index (χ0v) is 17.1. The lowest BCUT2D eigenvalue weighted by Crippen LogP contribution is -2.39. The Labute approximate surface area is 172 Å². The molecule has 0 aliphatic carbocycles. The molecule has 3 aromatic rings. The first kappa shape index (κ1) is 18.3. The van der Waals surface area contributed by atoms with Gasteiger partial charge in [-0.25, -0.2) is 0 Å². The lowest BCUT2D eigenvalue weighted by atomic mass is 9.82. The smallest absolute Gasteiger partial charge is 0.161 e. The summed E-state index contributed by atoms with van der Waals surface area (Å²) in [5.41, 5.74) is 9.31. The SMILES string of the molecule is Cc1cc2c(cc1C)[C@@H]1Cc3cc(O)c(OCc4ccccc4)cc3CN1CC2. The molecule has 0 spiro atoms. The summed E-state index contributed by atoms with van der Waals surface area (Å²) in [5, 5.41) is 10.6. The van der Waals surface area contributed by atoms with Gasteiger partial charge in [0, 0.05) is 19.1 Å². The molecular formula is C26H27NO2. The van der Waals surface area contributed by atoms with Crippen LogP contribution in [0, 0.1) is 13.8 Å². The first-order chi connectivity index (χ1) is 14.1. The molecule has 2 aliphatic rings. The molecule has 0 saturated carbocycles. The van der Waals surface area contributed by atoms with Gasteiger partial charge in [-0.3, -0.25) is 4.90 Å². The summed E-state index contributed by atoms with van der Waals surface area (Å²) in [6.07, 6.45) is 2.05. The lowest BCUT2D eigenvalue weighted by molar-refractivity contribution is 0.160. The Morgan fingerprint density at radius 3 is 2.59 bits per heavy atom. The average Bonchev–Trinajstić information content (AvgIpc) is 2.73. The highest BCUT2D eigenvalue weighted by Crippen LogP contribution is 2.42. The Balaban J connectivity index is 1.42. The summed E-state index contributed by atoms with van der Waals surface area (Å²) in [6, 6.07) is 19.2. The van der Waals surface area contributed by atoms with Crippen LogP contribution in [0.2, 0.25) is 0 Å². The largest absolute Gasteiger partial charge is 0.504 e. The second kappa shape index (κ2) is 7.23. The predicted octanol–water partition coefficient (Wildman–Crippen LogP) is 5.24. The van der Waals surface area contributed by atoms with Gasteiger partial charge < -0.3 is 9.84 Å². The zero-order valence-electron chi connectivity index (χ0n) is 17.1. The third-order valence-corrected chi connectivity index (χ3v) is 6.53. The number of benzene rings is 3. The van der Waals surface area contributed by atoms with Crippen molar-refractivity contribution in [3.63, 3.8) is 0 Å². The molecule has 148 valence electrons. The minimum Gasteiger partial charge on any atom is -0.504 e. The highest BCUT2D eigenvalue weighted by Gasteiger charge is 2.33. The summed E-state index contributed by atoms with van der Waals surface area (Å²) in [6.45, 7) is 6.86. The Hall–Kier alpha value is -2.78. The minimum atomic E-state index is 0.240. The number of aryl methyl sites for hydroxylation is 2. The van der Waals surface area contributed by atoms with Crippen LogP contribution in [0.1, 0.15) is 45.0 Å². The second-order valence-corrected chi connectivity index (χ2v) is 8.44. The Morgan fingerprint density at radius 1 is 0.966 bits per heavy atom. The van der Waals surface area contributed by atoms with Crippen LogP contribution in [-0.2, 0) is 26.0 Å². The fourth-order valence-electron chi connectivity index (χ4n) is 4.74. The van der Waals surface area contributed by atoms with E-state index in [4.69, 9.17) is 4.74 Å². The van der Waals surface area contributed by atoms with Gasteiger partial charge in [0.2, 0.25) is 0 Å². The third kappa shape index (κ3) is 3.40. The maximum absolute atomic E-state index is 10.6. The van der Waals surface area contributed by atoms with Gasteiger partial charge in [-0.2, -0.15) is 0 Å². The highest BCUT2D eigenvalue weighted by molar-refractivity contribution is 5.50. The van der Waals surface area contributed by atoms with Crippen molar-refractivity contribution >= 4 is 0 Å². The number of fused-ring (bicyclic) bond motifs is 4. The van der Waals surface area contributed by atoms with Gasteiger partial charge in [0.25, 0.3) is 0 Å². The van der Waals surface area contributed by atoms with Crippen LogP contribution in [0.5, 0.6) is 11.5 Å². The van der Waals surface area contributed by atoms with Crippen molar-refractivity contribution in [3.05, 3.63) is 93.5 Å². The van der Waals surface area contributed by atoms with E-state index in [9.17, 15) is 5.11 Å². The normalized spacial score (nSPS) is 17.9. The van der Waals surface area contributed by atoms with Gasteiger partial charge >= 0.3 is 0 Å². The van der Waals surface area contributed by atoms with Crippen LogP contribution in [0.3, 0.4) is 0 Å². The Kier molecular flexibility index (Phi) is 4.56. The average molecular weight is 386 g/mol. The van der Waals surface area contributed by atoms with Crippen molar-refractivity contribution in [2.45, 2.75) is 45.9 Å². The van der Waals surface area contributed by atoms with Crippen molar-refractivity contribution in [2.75, 3.05) is 6.54 Å². The quantitative estimate of drug-likeness (QED) is 0.669. The number of phenols is 1. The molecule has 3 aromatic carbocycles. The number of aromatic hydroxyl groups is 1. The number of hydrogen-bond acceptors (Lipinski definition) is 3. The molecule has 0 radical (unpaired) electrons. The van der Waals surface area contributed by atoms with E-state index in [2.05, 4.69) is 30.9 Å². The van der Waals surface area contributed by atoms with Crippen LogP contribution in [0.25, 0.3) is 0 Å². The van der Waals surface area contributed by atoms with E-state index in [-0.39, 0.29) is 5.75 Å². The third-order valence-electron chi connectivity index (χ3n) is 6.53. The van der Waals surface area contributed by atoms with Gasteiger partial charge in [0.1, 0.15) is 6.61 Å². The molecule has 3 nitrogen and oxygen atoms in total. The van der Waals surface area contributed by atoms with Crippen LogP contribution in [0.4, 0.5) is 0 Å². The summed E-state index contributed by atoms with van der Waals surface area (Å²) in [5.74, 6) is 0.819. The molecule has 29 heavy (non-hydrogen) atoms. The van der Waals surface area contributed by atoms with Crippen molar-refractivity contribution in [3.8, 4) is 11.5 Å². The fraction of sp³-hybridized carbons (Fsp3) is 0.308. The summed E-state index contributed by atoms with van der Waals surface area (Å²) >= 11 is 0. The van der Waals surface area contributed by atoms with Crippen LogP contribution < -0.4 is 4.74 Å². The van der Waals surface area contributed by atoms with E-state index in [0.29, 0.717) is 18.4 Å². The Bertz CT molecular complexity index is 1060. The predicted molar refractivity (Wildman–Crippen MR) is 115 cm³/mol. The number of hydrogen-bond donors (Lipinski definition) is 1. The van der Waals surface area contributed by atoms with Gasteiger partial charge in [0.05, 0.1) is 0 Å². The lowest BCUT2D eigenvalue weighted by Gasteiger charge is -2.42. The van der Waals surface area contributed by atoms with E-state index in [1.807, 2.05) is 42.5 Å². The van der Waals surface area contributed by atoms with E-state index >= 15 is 0 Å². The molecule has 3 heteroatoms. The highest BCUT2D eigenvalue weighted by atomic mass is 16.5. The number of nitrogens with zero attached hydrogens (tertiary/aromatic N) is 1. The van der Waals surface area contributed by atoms with E-state index in [1.165, 1.54) is 33.4 Å². The summed E-state index contributed by atoms with van der Waals surface area (Å²) < 4.78 is 5.94. The van der Waals surface area contributed by atoms with Gasteiger partial charge in [0.15, 0.2) is 11.5 Å². The standard InChI is InChI=1S/C26H27NO2/c1-17-10-20-8-9-27-15-22-14-26(29-16-19-6-4-3-5-7-19)25(28)13-21(22)12-24(27)23(20)11-18(17)2/h3-7,10-11,13-14,24,28H,8-9,12,15-16H2,1-2H3/t24-/m0/s1. The monoisotopic (exact) mass is 385 g/mol. The topological polar surface area (TPSA) is 32.7 Å². The Morgan fingerprint density at radius 2 is 1.76 bits per heavy atom. The first-order valence-corrected chi connectivity index (χ1v) is 10.4. The van der Waals surface area contributed by atoms with E-state index in [0.717, 1.165) is 31.5 Å². The molecule has 2 aliphatic heterocycles. The van der Waals surface area contributed by atoms with Gasteiger partial charge in [-0.1, -0.05) is 42.5 Å². The van der Waals surface area contributed by atoms with Crippen LogP contribution >= 0.6 is 0 Å². The van der Waals surface area contributed by atoms with Crippen molar-refractivity contribution < 1.29 is 9.84 Å². The van der Waals surface area contributed by atoms with Crippen molar-refractivity contribution in [1.82, 2.24) is 4.90 Å². The molecule has 0 saturated heterocycles. The van der Waals surface area contributed by atoms with Crippen molar-refractivity contribution in [2.24, 2.45) is 0 Å². The molecular weight excluding hydrogens is 358 g/mol. The van der Waals surface area contributed by atoms with Crippen LogP contribution in [0.15, 0.2) is 54.6 Å². The van der Waals surface area contributed by atoms with E-state index in [1.54, 1.807) is 0 Å². The minimum absolute atomic E-state index is 0.240. The van der Waals surface area contributed by atoms with Crippen LogP contribution in [-0.4, -0.2) is 16.6 Å². The molecule has 0 amide bonds. The summed E-state index contributed by atoms with van der Waals surface area (Å²) in [7, 11) is 0. The second-order valence-electron chi connectivity index (χ2n) is 8.44. The maximum atomic E-state index is 10.6. The molecule has 0 unspecified atom stereocenters. The first-order valence-electron chi connectivity index (χ1n) is 10.4. The maximum Gasteiger partial charge on any atom is 0.161 e. The van der Waals surface area contributed by atoms with Gasteiger partial charge in [-0.15, -0.1) is 0 Å². The van der Waals surface area contributed by atoms with Crippen molar-refractivity contribution in [1.29, 1.82) is 0 Å². The summed E-state index contributed by atoms with van der Waals surface area (Å²) in [4.78, 5) is 2.58. The molecule has 2 heterocycles. The number of rotatable bonds is 3. The molecule has 5 rings (SSSR count). The molecule has 0 aromatic heterocycles. The molecule has 0 fully saturated rings. The molecule has 0 bridgehead atoms. The van der Waals surface area contributed by atoms with Gasteiger partial charge in [-0.05, 0) is 77.8 Å². The van der Waals surface area contributed by atoms with E-state index < -0.39 is 0 Å².